The fraction of sp³-hybridized carbons (Fsp3) is 0. The molecule has 0 atom stereocenters. The van der Waals surface area contributed by atoms with Gasteiger partial charge in [0.2, 0.25) is 0 Å². The monoisotopic (exact) mass is 383 g/mol. The third-order valence-corrected chi connectivity index (χ3v) is 3.76. The van der Waals surface area contributed by atoms with Crippen LogP contribution < -0.4 is 10.1 Å². The zero-order valence-electron chi connectivity index (χ0n) is 10.1. The van der Waals surface area contributed by atoms with Gasteiger partial charge in [0.05, 0.1) is 25.8 Å². The van der Waals surface area contributed by atoms with Gasteiger partial charge in [-0.25, -0.2) is 4.79 Å². The van der Waals surface area contributed by atoms with Crippen molar-refractivity contribution in [3.05, 3.63) is 55.4 Å². The van der Waals surface area contributed by atoms with Crippen LogP contribution in [0.15, 0.2) is 30.3 Å². The number of benzene rings is 2. The smallest absolute Gasteiger partial charge is 0.407 e. The summed E-state index contributed by atoms with van der Waals surface area (Å²) in [4.78, 5) is 11.9. The molecule has 0 saturated carbocycles. The molecule has 0 saturated heterocycles. The van der Waals surface area contributed by atoms with Crippen LogP contribution in [0.1, 0.15) is 0 Å². The molecule has 0 aliphatic carbocycles. The SMILES string of the molecule is O=C(Nc1c(Cl)cccc1Cl)Oc1c(Cl)cc(Cl)cc1Cl. The summed E-state index contributed by atoms with van der Waals surface area (Å²) in [6.07, 6.45) is -0.837. The summed E-state index contributed by atoms with van der Waals surface area (Å²) in [5.74, 6) is -0.0107. The predicted molar refractivity (Wildman–Crippen MR) is 87.6 cm³/mol. The van der Waals surface area contributed by atoms with Gasteiger partial charge in [-0.3, -0.25) is 5.32 Å². The van der Waals surface area contributed by atoms with Gasteiger partial charge < -0.3 is 4.74 Å². The molecule has 2 aromatic carbocycles. The van der Waals surface area contributed by atoms with Crippen LogP contribution in [0.4, 0.5) is 10.5 Å². The largest absolute Gasteiger partial charge is 0.417 e. The average Bonchev–Trinajstić information content (AvgIpc) is 2.38. The van der Waals surface area contributed by atoms with E-state index in [0.29, 0.717) is 5.02 Å². The Balaban J connectivity index is 2.20. The van der Waals surface area contributed by atoms with Crippen molar-refractivity contribution >= 4 is 69.8 Å². The Labute approximate surface area is 145 Å². The van der Waals surface area contributed by atoms with Crippen molar-refractivity contribution in [3.63, 3.8) is 0 Å². The fourth-order valence-electron chi connectivity index (χ4n) is 1.46. The van der Waals surface area contributed by atoms with Gasteiger partial charge in [-0.2, -0.15) is 0 Å². The van der Waals surface area contributed by atoms with Crippen LogP contribution in [-0.2, 0) is 0 Å². The van der Waals surface area contributed by atoms with Gasteiger partial charge >= 0.3 is 6.09 Å². The summed E-state index contributed by atoms with van der Waals surface area (Å²) in [6.45, 7) is 0. The van der Waals surface area contributed by atoms with Gasteiger partial charge in [0, 0.05) is 5.02 Å². The van der Waals surface area contributed by atoms with E-state index < -0.39 is 6.09 Å². The number of carbonyl (C=O) groups is 1. The minimum absolute atomic E-state index is 0.0107. The lowest BCUT2D eigenvalue weighted by Gasteiger charge is -2.11. The Bertz CT molecular complexity index is 662. The summed E-state index contributed by atoms with van der Waals surface area (Å²) in [5, 5.41) is 3.50. The second-order valence-corrected chi connectivity index (χ2v) is 5.87. The maximum absolute atomic E-state index is 11.9. The highest BCUT2D eigenvalue weighted by atomic mass is 35.5. The number of halogens is 5. The number of hydrogen-bond donors (Lipinski definition) is 1. The van der Waals surface area contributed by atoms with E-state index in [4.69, 9.17) is 62.7 Å². The Morgan fingerprint density at radius 3 is 1.95 bits per heavy atom. The molecule has 0 heterocycles. The first-order chi connectivity index (χ1) is 9.88. The molecular formula is C13H6Cl5NO2. The number of hydrogen-bond acceptors (Lipinski definition) is 2. The van der Waals surface area contributed by atoms with E-state index in [0.717, 1.165) is 0 Å². The number of rotatable bonds is 2. The highest BCUT2D eigenvalue weighted by Gasteiger charge is 2.16. The van der Waals surface area contributed by atoms with E-state index in [2.05, 4.69) is 5.32 Å². The van der Waals surface area contributed by atoms with Crippen LogP contribution >= 0.6 is 58.0 Å². The van der Waals surface area contributed by atoms with Gasteiger partial charge in [0.25, 0.3) is 0 Å². The molecule has 0 spiro atoms. The molecule has 8 heteroatoms. The summed E-state index contributed by atoms with van der Waals surface area (Å²) in [5.41, 5.74) is 0.229. The second-order valence-electron chi connectivity index (χ2n) is 3.81. The van der Waals surface area contributed by atoms with Crippen molar-refractivity contribution in [3.8, 4) is 5.75 Å². The highest BCUT2D eigenvalue weighted by molar-refractivity contribution is 6.41. The summed E-state index contributed by atoms with van der Waals surface area (Å²) in [6, 6.07) is 7.60. The molecule has 21 heavy (non-hydrogen) atoms. The molecule has 0 aliphatic heterocycles. The van der Waals surface area contributed by atoms with E-state index in [9.17, 15) is 4.79 Å². The molecule has 3 nitrogen and oxygen atoms in total. The van der Waals surface area contributed by atoms with Crippen LogP contribution in [0.25, 0.3) is 0 Å². The highest BCUT2D eigenvalue weighted by Crippen LogP contribution is 2.36. The Kier molecular flexibility index (Phi) is 5.47. The van der Waals surface area contributed by atoms with Gasteiger partial charge in [-0.1, -0.05) is 64.1 Å². The second kappa shape index (κ2) is 6.95. The van der Waals surface area contributed by atoms with E-state index in [1.165, 1.54) is 12.1 Å². The molecule has 0 aliphatic rings. The quantitative estimate of drug-likeness (QED) is 0.635. The molecule has 1 amide bonds. The molecule has 0 bridgehead atoms. The average molecular weight is 385 g/mol. The molecule has 1 N–H and O–H groups in total. The molecular weight excluding hydrogens is 379 g/mol. The molecule has 0 unspecified atom stereocenters. The first-order valence-electron chi connectivity index (χ1n) is 5.46. The molecule has 2 aromatic rings. The zero-order chi connectivity index (χ0) is 15.6. The van der Waals surface area contributed by atoms with Crippen molar-refractivity contribution in [2.45, 2.75) is 0 Å². The van der Waals surface area contributed by atoms with Crippen molar-refractivity contribution < 1.29 is 9.53 Å². The lowest BCUT2D eigenvalue weighted by Crippen LogP contribution is -2.17. The molecule has 2 rings (SSSR count). The van der Waals surface area contributed by atoms with Gasteiger partial charge in [-0.15, -0.1) is 0 Å². The van der Waals surface area contributed by atoms with Gasteiger partial charge in [0.15, 0.2) is 5.75 Å². The van der Waals surface area contributed by atoms with Crippen molar-refractivity contribution in [2.75, 3.05) is 5.32 Å². The van der Waals surface area contributed by atoms with Gasteiger partial charge in [-0.05, 0) is 24.3 Å². The first-order valence-corrected chi connectivity index (χ1v) is 7.35. The maximum atomic E-state index is 11.9. The Morgan fingerprint density at radius 1 is 0.905 bits per heavy atom. The zero-order valence-corrected chi connectivity index (χ0v) is 13.9. The van der Waals surface area contributed by atoms with Crippen LogP contribution in [-0.4, -0.2) is 6.09 Å². The first kappa shape index (κ1) is 16.5. The number of anilines is 1. The number of ether oxygens (including phenoxy) is 1. The molecule has 0 radical (unpaired) electrons. The minimum Gasteiger partial charge on any atom is -0.407 e. The standard InChI is InChI=1S/C13H6Cl5NO2/c14-6-4-9(17)12(10(18)5-6)21-13(20)19-11-7(15)2-1-3-8(11)16/h1-5H,(H,19,20). The number of nitrogens with one attached hydrogen (secondary N) is 1. The number of amides is 1. The Morgan fingerprint density at radius 2 is 1.43 bits per heavy atom. The summed E-state index contributed by atoms with van der Waals surface area (Å²) < 4.78 is 5.06. The van der Waals surface area contributed by atoms with Crippen molar-refractivity contribution in [1.29, 1.82) is 0 Å². The van der Waals surface area contributed by atoms with E-state index >= 15 is 0 Å². The lowest BCUT2D eigenvalue weighted by atomic mass is 10.3. The Hall–Kier alpha value is -0.840. The predicted octanol–water partition coefficient (Wildman–Crippen LogP) is 6.56. The topological polar surface area (TPSA) is 38.3 Å². The summed E-state index contributed by atoms with van der Waals surface area (Å²) >= 11 is 29.5. The van der Waals surface area contributed by atoms with Crippen molar-refractivity contribution in [2.24, 2.45) is 0 Å². The summed E-state index contributed by atoms with van der Waals surface area (Å²) in [7, 11) is 0. The van der Waals surface area contributed by atoms with Gasteiger partial charge in [0.1, 0.15) is 0 Å². The number of carbonyl (C=O) groups excluding carboxylic acids is 1. The van der Waals surface area contributed by atoms with Crippen LogP contribution in [0.5, 0.6) is 5.75 Å². The maximum Gasteiger partial charge on any atom is 0.417 e. The molecule has 110 valence electrons. The lowest BCUT2D eigenvalue weighted by molar-refractivity contribution is 0.215. The van der Waals surface area contributed by atoms with E-state index in [1.54, 1.807) is 18.2 Å². The van der Waals surface area contributed by atoms with Crippen LogP contribution in [0.3, 0.4) is 0 Å². The normalized spacial score (nSPS) is 10.3. The number of para-hydroxylation sites is 1. The molecule has 0 fully saturated rings. The van der Waals surface area contributed by atoms with Crippen molar-refractivity contribution in [1.82, 2.24) is 0 Å². The van der Waals surface area contributed by atoms with E-state index in [-0.39, 0.29) is 31.5 Å². The van der Waals surface area contributed by atoms with Crippen LogP contribution in [0.2, 0.25) is 25.1 Å². The van der Waals surface area contributed by atoms with Crippen LogP contribution in [0, 0.1) is 0 Å². The third-order valence-electron chi connectivity index (χ3n) is 2.35. The third kappa shape index (κ3) is 4.09. The fourth-order valence-corrected chi connectivity index (χ4v) is 2.85. The molecule has 0 aromatic heterocycles. The minimum atomic E-state index is -0.837. The van der Waals surface area contributed by atoms with E-state index in [1.807, 2.05) is 0 Å².